The lowest BCUT2D eigenvalue weighted by Crippen LogP contribution is -2.36. The van der Waals surface area contributed by atoms with E-state index in [1.165, 1.54) is 23.1 Å². The Morgan fingerprint density at radius 1 is 1.61 bits per heavy atom. The van der Waals surface area contributed by atoms with Crippen molar-refractivity contribution >= 4 is 39.1 Å². The molecule has 0 saturated heterocycles. The second-order valence-electron chi connectivity index (χ2n) is 3.81. The molecule has 0 saturated carbocycles. The molecule has 0 aliphatic carbocycles. The number of amides is 1. The van der Waals surface area contributed by atoms with Gasteiger partial charge in [0.1, 0.15) is 5.56 Å². The Kier molecular flexibility index (Phi) is 5.10. The van der Waals surface area contributed by atoms with Crippen LogP contribution in [0.4, 0.5) is 5.69 Å². The zero-order valence-electron chi connectivity index (χ0n) is 9.89. The van der Waals surface area contributed by atoms with Gasteiger partial charge in [-0.15, -0.1) is 0 Å². The lowest BCUT2D eigenvalue weighted by atomic mass is 10.1. The van der Waals surface area contributed by atoms with Gasteiger partial charge in [0.15, 0.2) is 0 Å². The van der Waals surface area contributed by atoms with E-state index in [1.54, 1.807) is 7.05 Å². The van der Waals surface area contributed by atoms with Crippen molar-refractivity contribution in [1.29, 1.82) is 0 Å². The van der Waals surface area contributed by atoms with E-state index in [0.717, 1.165) is 0 Å². The molecule has 18 heavy (non-hydrogen) atoms. The Labute approximate surface area is 118 Å². The fraction of sp³-hybridized carbons (Fsp3) is 0.364. The number of nitro benzene ring substituents is 1. The number of carbonyl (C=O) groups is 1. The molecule has 1 unspecified atom stereocenters. The normalized spacial score (nSPS) is 12.0. The Bertz CT molecular complexity index is 481. The monoisotopic (exact) mass is 334 g/mol. The highest BCUT2D eigenvalue weighted by Gasteiger charge is 2.27. The van der Waals surface area contributed by atoms with Crippen molar-refractivity contribution in [3.63, 3.8) is 0 Å². The molecule has 7 heteroatoms. The van der Waals surface area contributed by atoms with Gasteiger partial charge in [0.05, 0.1) is 9.95 Å². The highest BCUT2D eigenvalue weighted by Crippen LogP contribution is 2.27. The first-order valence-corrected chi connectivity index (χ1v) is 6.66. The van der Waals surface area contributed by atoms with Crippen molar-refractivity contribution in [2.75, 3.05) is 12.4 Å². The summed E-state index contributed by atoms with van der Waals surface area (Å²) in [5.41, 5.74) is -0.347. The number of nitrogens with zero attached hydrogens (tertiary/aromatic N) is 2. The van der Waals surface area contributed by atoms with E-state index < -0.39 is 10.8 Å². The summed E-state index contributed by atoms with van der Waals surface area (Å²) < 4.78 is 0. The number of hydrogen-bond donors (Lipinski definition) is 0. The van der Waals surface area contributed by atoms with Gasteiger partial charge in [-0.25, -0.2) is 0 Å². The maximum absolute atomic E-state index is 12.2. The molecule has 0 heterocycles. The van der Waals surface area contributed by atoms with E-state index in [2.05, 4.69) is 15.9 Å². The number of nitro groups is 1. The molecule has 0 aliphatic heterocycles. The Balaban J connectivity index is 3.24. The van der Waals surface area contributed by atoms with Gasteiger partial charge in [0.2, 0.25) is 0 Å². The minimum atomic E-state index is -0.605. The molecular weight excluding hydrogens is 323 g/mol. The van der Waals surface area contributed by atoms with Crippen molar-refractivity contribution in [2.45, 2.75) is 13.0 Å². The van der Waals surface area contributed by atoms with Crippen molar-refractivity contribution < 1.29 is 9.72 Å². The highest BCUT2D eigenvalue weighted by atomic mass is 79.9. The predicted octanol–water partition coefficient (Wildman–Crippen LogP) is 3.10. The first-order chi connectivity index (χ1) is 8.40. The van der Waals surface area contributed by atoms with Crippen LogP contribution in [-0.4, -0.2) is 34.2 Å². The first kappa shape index (κ1) is 14.9. The fourth-order valence-electron chi connectivity index (χ4n) is 1.36. The van der Waals surface area contributed by atoms with Gasteiger partial charge in [0, 0.05) is 24.5 Å². The van der Waals surface area contributed by atoms with E-state index in [4.69, 9.17) is 11.6 Å². The van der Waals surface area contributed by atoms with Gasteiger partial charge < -0.3 is 4.90 Å². The zero-order valence-corrected chi connectivity index (χ0v) is 12.2. The van der Waals surface area contributed by atoms with Gasteiger partial charge in [-0.05, 0) is 13.0 Å². The van der Waals surface area contributed by atoms with Crippen LogP contribution in [0.15, 0.2) is 18.2 Å². The number of halogens is 2. The highest BCUT2D eigenvalue weighted by molar-refractivity contribution is 9.09. The lowest BCUT2D eigenvalue weighted by Gasteiger charge is -2.23. The van der Waals surface area contributed by atoms with Crippen LogP contribution in [-0.2, 0) is 0 Å². The Morgan fingerprint density at radius 3 is 2.72 bits per heavy atom. The van der Waals surface area contributed by atoms with Gasteiger partial charge in [-0.1, -0.05) is 33.6 Å². The van der Waals surface area contributed by atoms with E-state index in [-0.39, 0.29) is 22.3 Å². The summed E-state index contributed by atoms with van der Waals surface area (Å²) in [6, 6.07) is 4.10. The number of alkyl halides is 1. The van der Waals surface area contributed by atoms with Crippen molar-refractivity contribution in [3.05, 3.63) is 38.9 Å². The molecule has 0 aliphatic rings. The number of rotatable bonds is 4. The predicted molar refractivity (Wildman–Crippen MR) is 73.5 cm³/mol. The average molecular weight is 336 g/mol. The SMILES string of the molecule is CC(CBr)N(C)C(=O)c1c(Cl)cccc1[N+](=O)[O-]. The largest absolute Gasteiger partial charge is 0.338 e. The van der Waals surface area contributed by atoms with Crippen LogP contribution in [0, 0.1) is 10.1 Å². The molecule has 0 N–H and O–H groups in total. The molecule has 5 nitrogen and oxygen atoms in total. The van der Waals surface area contributed by atoms with Crippen LogP contribution >= 0.6 is 27.5 Å². The smallest absolute Gasteiger partial charge is 0.283 e. The minimum absolute atomic E-state index is 0.0699. The topological polar surface area (TPSA) is 63.5 Å². The summed E-state index contributed by atoms with van der Waals surface area (Å²) in [4.78, 5) is 23.9. The minimum Gasteiger partial charge on any atom is -0.338 e. The summed E-state index contributed by atoms with van der Waals surface area (Å²) in [5.74, 6) is -0.459. The fourth-order valence-corrected chi connectivity index (χ4v) is 2.04. The van der Waals surface area contributed by atoms with Gasteiger partial charge >= 0.3 is 0 Å². The Hall–Kier alpha value is -1.14. The van der Waals surface area contributed by atoms with Gasteiger partial charge in [-0.3, -0.25) is 14.9 Å². The van der Waals surface area contributed by atoms with Crippen LogP contribution in [0.2, 0.25) is 5.02 Å². The molecule has 1 rings (SSSR count). The molecule has 1 amide bonds. The Morgan fingerprint density at radius 2 is 2.22 bits per heavy atom. The number of hydrogen-bond acceptors (Lipinski definition) is 3. The number of carbonyl (C=O) groups excluding carboxylic acids is 1. The van der Waals surface area contributed by atoms with E-state index in [1.807, 2.05) is 6.92 Å². The van der Waals surface area contributed by atoms with Gasteiger partial charge in [-0.2, -0.15) is 0 Å². The second kappa shape index (κ2) is 6.15. The van der Waals surface area contributed by atoms with Crippen LogP contribution in [0.5, 0.6) is 0 Å². The van der Waals surface area contributed by atoms with Crippen LogP contribution in [0.25, 0.3) is 0 Å². The molecule has 1 aromatic carbocycles. The maximum Gasteiger partial charge on any atom is 0.283 e. The molecule has 0 spiro atoms. The van der Waals surface area contributed by atoms with Crippen molar-refractivity contribution in [3.8, 4) is 0 Å². The average Bonchev–Trinajstić information content (AvgIpc) is 2.35. The van der Waals surface area contributed by atoms with E-state index in [9.17, 15) is 14.9 Å². The molecule has 0 radical (unpaired) electrons. The molecule has 0 bridgehead atoms. The summed E-state index contributed by atoms with van der Waals surface area (Å²) in [6.07, 6.45) is 0. The molecular formula is C11H12BrClN2O3. The summed E-state index contributed by atoms with van der Waals surface area (Å²) in [5, 5.41) is 11.6. The lowest BCUT2D eigenvalue weighted by molar-refractivity contribution is -0.385. The molecule has 0 fully saturated rings. The standard InChI is InChI=1S/C11H12BrClN2O3/c1-7(6-12)14(2)11(16)10-8(13)4-3-5-9(10)15(17)18/h3-5,7H,6H2,1-2H3. The zero-order chi connectivity index (χ0) is 13.9. The van der Waals surface area contributed by atoms with E-state index >= 15 is 0 Å². The van der Waals surface area contributed by atoms with Gasteiger partial charge in [0.25, 0.3) is 11.6 Å². The summed E-state index contributed by atoms with van der Waals surface area (Å²) >= 11 is 9.16. The van der Waals surface area contributed by atoms with E-state index in [0.29, 0.717) is 5.33 Å². The van der Waals surface area contributed by atoms with Crippen LogP contribution in [0.1, 0.15) is 17.3 Å². The molecule has 0 aromatic heterocycles. The quantitative estimate of drug-likeness (QED) is 0.482. The summed E-state index contributed by atoms with van der Waals surface area (Å²) in [6.45, 7) is 1.83. The molecule has 98 valence electrons. The number of benzene rings is 1. The van der Waals surface area contributed by atoms with Crippen LogP contribution in [0.3, 0.4) is 0 Å². The first-order valence-electron chi connectivity index (χ1n) is 5.16. The third-order valence-corrected chi connectivity index (χ3v) is 3.86. The molecule has 1 aromatic rings. The molecule has 1 atom stereocenters. The summed E-state index contributed by atoms with van der Waals surface area (Å²) in [7, 11) is 1.58. The maximum atomic E-state index is 12.2. The van der Waals surface area contributed by atoms with Crippen molar-refractivity contribution in [2.24, 2.45) is 0 Å². The second-order valence-corrected chi connectivity index (χ2v) is 4.87. The third-order valence-electron chi connectivity index (χ3n) is 2.61. The third kappa shape index (κ3) is 3.00. The van der Waals surface area contributed by atoms with Crippen molar-refractivity contribution in [1.82, 2.24) is 4.90 Å². The van der Waals surface area contributed by atoms with Crippen LogP contribution < -0.4 is 0 Å².